The first-order valence-corrected chi connectivity index (χ1v) is 7.15. The average molecular weight is 282 g/mol. The molecule has 1 amide bonds. The molecule has 0 atom stereocenters. The van der Waals surface area contributed by atoms with Gasteiger partial charge in [0.1, 0.15) is 5.56 Å². The van der Waals surface area contributed by atoms with E-state index in [0.29, 0.717) is 11.4 Å². The van der Waals surface area contributed by atoms with Gasteiger partial charge in [0.25, 0.3) is 5.91 Å². The van der Waals surface area contributed by atoms with Crippen LogP contribution < -0.4 is 11.1 Å². The molecule has 0 aliphatic heterocycles. The zero-order valence-corrected chi connectivity index (χ0v) is 11.7. The smallest absolute Gasteiger partial charge is 0.254 e. The van der Waals surface area contributed by atoms with Gasteiger partial charge >= 0.3 is 0 Å². The van der Waals surface area contributed by atoms with Crippen LogP contribution in [0.25, 0.3) is 5.70 Å². The molecule has 0 unspecified atom stereocenters. The lowest BCUT2D eigenvalue weighted by molar-refractivity contribution is 0.100. The van der Waals surface area contributed by atoms with Gasteiger partial charge in [-0.05, 0) is 37.8 Å². The SMILES string of the molecule is NC(=O)c1cn(C2=CCCCC2)nc1Nc1ccccc1. The molecule has 108 valence electrons. The highest BCUT2D eigenvalue weighted by atomic mass is 16.1. The van der Waals surface area contributed by atoms with Crippen molar-refractivity contribution in [3.05, 3.63) is 48.2 Å². The minimum Gasteiger partial charge on any atom is -0.365 e. The van der Waals surface area contributed by atoms with Crippen LogP contribution >= 0.6 is 0 Å². The number of hydrogen-bond acceptors (Lipinski definition) is 3. The first-order chi connectivity index (χ1) is 10.2. The van der Waals surface area contributed by atoms with Gasteiger partial charge in [-0.25, -0.2) is 4.68 Å². The molecule has 5 heteroatoms. The van der Waals surface area contributed by atoms with Crippen LogP contribution in [0.5, 0.6) is 0 Å². The fourth-order valence-corrected chi connectivity index (χ4v) is 2.48. The van der Waals surface area contributed by atoms with E-state index < -0.39 is 5.91 Å². The van der Waals surface area contributed by atoms with Crippen LogP contribution in [0.1, 0.15) is 36.0 Å². The number of para-hydroxylation sites is 1. The molecule has 1 aromatic heterocycles. The number of carbonyl (C=O) groups excluding carboxylic acids is 1. The Labute approximate surface area is 123 Å². The molecule has 1 aromatic carbocycles. The van der Waals surface area contributed by atoms with Crippen molar-refractivity contribution in [2.24, 2.45) is 5.73 Å². The largest absolute Gasteiger partial charge is 0.365 e. The van der Waals surface area contributed by atoms with Gasteiger partial charge in [0.15, 0.2) is 5.82 Å². The number of nitrogens with two attached hydrogens (primary N) is 1. The maximum Gasteiger partial charge on any atom is 0.254 e. The van der Waals surface area contributed by atoms with E-state index in [9.17, 15) is 4.79 Å². The first kappa shape index (κ1) is 13.4. The molecule has 3 N–H and O–H groups in total. The summed E-state index contributed by atoms with van der Waals surface area (Å²) in [5.74, 6) is 0.0243. The van der Waals surface area contributed by atoms with E-state index in [4.69, 9.17) is 5.73 Å². The molecule has 1 aliphatic rings. The van der Waals surface area contributed by atoms with Crippen molar-refractivity contribution in [3.8, 4) is 0 Å². The molecule has 3 rings (SSSR count). The van der Waals surface area contributed by atoms with Crippen LogP contribution in [-0.4, -0.2) is 15.7 Å². The van der Waals surface area contributed by atoms with E-state index in [1.54, 1.807) is 10.9 Å². The predicted molar refractivity (Wildman–Crippen MR) is 83.2 cm³/mol. The molecule has 0 spiro atoms. The van der Waals surface area contributed by atoms with Gasteiger partial charge in [0.05, 0.1) is 0 Å². The molecule has 1 aliphatic carbocycles. The predicted octanol–water partition coefficient (Wildman–Crippen LogP) is 3.14. The van der Waals surface area contributed by atoms with E-state index in [1.807, 2.05) is 30.3 Å². The number of allylic oxidation sites excluding steroid dienone is 2. The van der Waals surface area contributed by atoms with E-state index in [-0.39, 0.29) is 0 Å². The fourth-order valence-electron chi connectivity index (χ4n) is 2.48. The van der Waals surface area contributed by atoms with Gasteiger partial charge in [-0.2, -0.15) is 0 Å². The Bertz CT molecular complexity index is 673. The van der Waals surface area contributed by atoms with Crippen LogP contribution in [0.3, 0.4) is 0 Å². The molecular formula is C16H18N4O. The third kappa shape index (κ3) is 2.97. The topological polar surface area (TPSA) is 72.9 Å². The van der Waals surface area contributed by atoms with Gasteiger partial charge < -0.3 is 11.1 Å². The molecule has 21 heavy (non-hydrogen) atoms. The third-order valence-corrected chi connectivity index (χ3v) is 3.58. The Morgan fingerprint density at radius 3 is 2.71 bits per heavy atom. The van der Waals surface area contributed by atoms with Gasteiger partial charge in [-0.3, -0.25) is 4.79 Å². The number of primary amides is 1. The van der Waals surface area contributed by atoms with Crippen molar-refractivity contribution in [3.63, 3.8) is 0 Å². The van der Waals surface area contributed by atoms with Gasteiger partial charge in [0, 0.05) is 17.6 Å². The summed E-state index contributed by atoms with van der Waals surface area (Å²) >= 11 is 0. The van der Waals surface area contributed by atoms with Crippen molar-refractivity contribution < 1.29 is 4.79 Å². The number of nitrogens with one attached hydrogen (secondary N) is 1. The Morgan fingerprint density at radius 1 is 1.24 bits per heavy atom. The fraction of sp³-hybridized carbons (Fsp3) is 0.250. The second-order valence-electron chi connectivity index (χ2n) is 5.13. The number of hydrogen-bond donors (Lipinski definition) is 2. The van der Waals surface area contributed by atoms with Gasteiger partial charge in [-0.15, -0.1) is 5.10 Å². The van der Waals surface area contributed by atoms with Crippen molar-refractivity contribution in [1.29, 1.82) is 0 Å². The quantitative estimate of drug-likeness (QED) is 0.904. The van der Waals surface area contributed by atoms with Gasteiger partial charge in [0.2, 0.25) is 0 Å². The molecule has 1 heterocycles. The van der Waals surface area contributed by atoms with Crippen molar-refractivity contribution in [2.45, 2.75) is 25.7 Å². The molecular weight excluding hydrogens is 264 g/mol. The zero-order valence-electron chi connectivity index (χ0n) is 11.7. The summed E-state index contributed by atoms with van der Waals surface area (Å²) in [5.41, 5.74) is 7.87. The highest BCUT2D eigenvalue weighted by Crippen LogP contribution is 2.25. The lowest BCUT2D eigenvalue weighted by Gasteiger charge is -2.12. The van der Waals surface area contributed by atoms with Crippen molar-refractivity contribution in [2.75, 3.05) is 5.32 Å². The van der Waals surface area contributed by atoms with Crippen molar-refractivity contribution in [1.82, 2.24) is 9.78 Å². The minimum atomic E-state index is -0.476. The van der Waals surface area contributed by atoms with E-state index in [0.717, 1.165) is 30.6 Å². The van der Waals surface area contributed by atoms with Crippen molar-refractivity contribution >= 4 is 23.1 Å². The normalized spacial score (nSPS) is 14.6. The lowest BCUT2D eigenvalue weighted by atomic mass is 10.1. The Hall–Kier alpha value is -2.56. The molecule has 0 saturated heterocycles. The summed E-state index contributed by atoms with van der Waals surface area (Å²) < 4.78 is 1.77. The number of aromatic nitrogens is 2. The highest BCUT2D eigenvalue weighted by Gasteiger charge is 2.16. The number of carbonyl (C=O) groups is 1. The summed E-state index contributed by atoms with van der Waals surface area (Å²) in [6.07, 6.45) is 8.28. The summed E-state index contributed by atoms with van der Waals surface area (Å²) in [6, 6.07) is 9.62. The Morgan fingerprint density at radius 2 is 2.05 bits per heavy atom. The second-order valence-corrected chi connectivity index (χ2v) is 5.13. The second kappa shape index (κ2) is 5.83. The summed E-state index contributed by atoms with van der Waals surface area (Å²) in [7, 11) is 0. The number of anilines is 2. The molecule has 2 aromatic rings. The molecule has 0 radical (unpaired) electrons. The first-order valence-electron chi connectivity index (χ1n) is 7.15. The van der Waals surface area contributed by atoms with Gasteiger partial charge in [-0.1, -0.05) is 24.3 Å². The third-order valence-electron chi connectivity index (χ3n) is 3.58. The maximum absolute atomic E-state index is 11.6. The minimum absolute atomic E-state index is 0.408. The van der Waals surface area contributed by atoms with Crippen LogP contribution in [-0.2, 0) is 0 Å². The van der Waals surface area contributed by atoms with E-state index in [2.05, 4.69) is 16.5 Å². The number of nitrogens with zero attached hydrogens (tertiary/aromatic N) is 2. The monoisotopic (exact) mass is 282 g/mol. The maximum atomic E-state index is 11.6. The summed E-state index contributed by atoms with van der Waals surface area (Å²) in [4.78, 5) is 11.6. The molecule has 0 saturated carbocycles. The summed E-state index contributed by atoms with van der Waals surface area (Å²) in [6.45, 7) is 0. The number of amides is 1. The number of benzene rings is 1. The highest BCUT2D eigenvalue weighted by molar-refractivity contribution is 5.98. The molecule has 0 bridgehead atoms. The molecule has 5 nitrogen and oxygen atoms in total. The van der Waals surface area contributed by atoms with Crippen LogP contribution in [0.15, 0.2) is 42.6 Å². The van der Waals surface area contributed by atoms with E-state index >= 15 is 0 Å². The molecule has 0 fully saturated rings. The lowest BCUT2D eigenvalue weighted by Crippen LogP contribution is -2.12. The van der Waals surface area contributed by atoms with E-state index in [1.165, 1.54) is 6.42 Å². The van der Waals surface area contributed by atoms with Crippen LogP contribution in [0, 0.1) is 0 Å². The van der Waals surface area contributed by atoms with Crippen LogP contribution in [0.2, 0.25) is 0 Å². The zero-order chi connectivity index (χ0) is 14.7. The Kier molecular flexibility index (Phi) is 3.73. The number of rotatable bonds is 4. The average Bonchev–Trinajstić information content (AvgIpc) is 2.93. The standard InChI is InChI=1S/C16H18N4O/c17-15(21)14-11-20(13-9-5-2-6-10-13)19-16(14)18-12-7-3-1-4-8-12/h1,3-4,7-9,11H,2,5-6,10H2,(H2,17,21)(H,18,19). The Balaban J connectivity index is 1.93. The summed E-state index contributed by atoms with van der Waals surface area (Å²) in [5, 5.41) is 7.64. The van der Waals surface area contributed by atoms with Crippen LogP contribution in [0.4, 0.5) is 11.5 Å².